The van der Waals surface area contributed by atoms with Crippen LogP contribution in [0.3, 0.4) is 0 Å². The topological polar surface area (TPSA) is 104 Å². The first kappa shape index (κ1) is 18.4. The second-order valence-electron chi connectivity index (χ2n) is 5.93. The lowest BCUT2D eigenvalue weighted by Crippen LogP contribution is -2.51. The molecule has 1 aromatic carbocycles. The molecule has 0 saturated carbocycles. The number of nitrogens with zero attached hydrogens (tertiary/aromatic N) is 1. The number of aromatic carboxylic acids is 1. The minimum Gasteiger partial charge on any atom is -0.478 e. The molecule has 1 aliphatic heterocycles. The molecule has 0 bridgehead atoms. The fourth-order valence-corrected chi connectivity index (χ4v) is 4.00. The summed E-state index contributed by atoms with van der Waals surface area (Å²) < 4.78 is 24.8. The standard InChI is InChI=1S/C16H22N2O5S/c1-24(22,23)18-10-3-2-7-14(18)15(19)17-9-8-12-5-4-6-13(11-12)16(20)21/h4-6,11,14H,2-3,7-10H2,1H3,(H,17,19)(H,20,21)/t14-/m0/s1. The zero-order valence-electron chi connectivity index (χ0n) is 13.6. The van der Waals surface area contributed by atoms with Gasteiger partial charge in [0, 0.05) is 13.1 Å². The number of hydrogen-bond acceptors (Lipinski definition) is 4. The highest BCUT2D eigenvalue weighted by atomic mass is 32.2. The molecule has 1 aliphatic rings. The minimum atomic E-state index is -3.41. The molecular formula is C16H22N2O5S. The van der Waals surface area contributed by atoms with Crippen molar-refractivity contribution in [3.63, 3.8) is 0 Å². The molecule has 7 nitrogen and oxygen atoms in total. The maximum absolute atomic E-state index is 12.3. The molecule has 0 aromatic heterocycles. The van der Waals surface area contributed by atoms with Crippen LogP contribution in [0.25, 0.3) is 0 Å². The van der Waals surface area contributed by atoms with Gasteiger partial charge in [0.25, 0.3) is 0 Å². The van der Waals surface area contributed by atoms with E-state index in [1.807, 2.05) is 0 Å². The Kier molecular flexibility index (Phi) is 5.95. The summed E-state index contributed by atoms with van der Waals surface area (Å²) in [4.78, 5) is 23.2. The quantitative estimate of drug-likeness (QED) is 0.788. The van der Waals surface area contributed by atoms with Crippen LogP contribution in [0.15, 0.2) is 24.3 Å². The predicted molar refractivity (Wildman–Crippen MR) is 89.3 cm³/mol. The molecule has 1 fully saturated rings. The molecule has 1 aromatic rings. The molecule has 0 spiro atoms. The lowest BCUT2D eigenvalue weighted by Gasteiger charge is -2.32. The number of nitrogens with one attached hydrogen (secondary N) is 1. The Morgan fingerprint density at radius 2 is 2.08 bits per heavy atom. The van der Waals surface area contributed by atoms with Gasteiger partial charge in [-0.2, -0.15) is 4.31 Å². The van der Waals surface area contributed by atoms with Crippen LogP contribution in [-0.2, 0) is 21.2 Å². The van der Waals surface area contributed by atoms with E-state index in [-0.39, 0.29) is 11.5 Å². The smallest absolute Gasteiger partial charge is 0.335 e. The van der Waals surface area contributed by atoms with Crippen LogP contribution in [0.1, 0.15) is 35.2 Å². The van der Waals surface area contributed by atoms with Crippen LogP contribution in [0.5, 0.6) is 0 Å². The van der Waals surface area contributed by atoms with Crippen molar-refractivity contribution in [3.8, 4) is 0 Å². The highest BCUT2D eigenvalue weighted by molar-refractivity contribution is 7.88. The van der Waals surface area contributed by atoms with Crippen LogP contribution in [0.4, 0.5) is 0 Å². The summed E-state index contributed by atoms with van der Waals surface area (Å²) in [7, 11) is -3.41. The summed E-state index contributed by atoms with van der Waals surface area (Å²) in [6, 6.07) is 5.88. The fraction of sp³-hybridized carbons (Fsp3) is 0.500. The molecule has 2 N–H and O–H groups in total. The molecule has 1 amide bonds. The number of benzene rings is 1. The molecule has 24 heavy (non-hydrogen) atoms. The van der Waals surface area contributed by atoms with Gasteiger partial charge in [-0.3, -0.25) is 4.79 Å². The van der Waals surface area contributed by atoms with Crippen molar-refractivity contribution in [1.29, 1.82) is 0 Å². The van der Waals surface area contributed by atoms with Gasteiger partial charge in [-0.1, -0.05) is 18.6 Å². The Morgan fingerprint density at radius 1 is 1.33 bits per heavy atom. The van der Waals surface area contributed by atoms with E-state index < -0.39 is 22.0 Å². The van der Waals surface area contributed by atoms with Gasteiger partial charge < -0.3 is 10.4 Å². The van der Waals surface area contributed by atoms with Crippen molar-refractivity contribution >= 4 is 21.9 Å². The molecule has 1 saturated heterocycles. The van der Waals surface area contributed by atoms with Crippen molar-refractivity contribution in [2.45, 2.75) is 31.7 Å². The molecule has 0 unspecified atom stereocenters. The van der Waals surface area contributed by atoms with E-state index in [9.17, 15) is 18.0 Å². The number of carboxylic acid groups (broad SMARTS) is 1. The van der Waals surface area contributed by atoms with E-state index in [0.717, 1.165) is 24.7 Å². The molecule has 1 heterocycles. The summed E-state index contributed by atoms with van der Waals surface area (Å²) in [5, 5.41) is 11.7. The molecule has 2 rings (SSSR count). The van der Waals surface area contributed by atoms with Gasteiger partial charge in [-0.25, -0.2) is 13.2 Å². The van der Waals surface area contributed by atoms with E-state index in [0.29, 0.717) is 25.9 Å². The number of hydrogen-bond donors (Lipinski definition) is 2. The Morgan fingerprint density at radius 3 is 2.75 bits per heavy atom. The van der Waals surface area contributed by atoms with Gasteiger partial charge in [0.1, 0.15) is 6.04 Å². The monoisotopic (exact) mass is 354 g/mol. The van der Waals surface area contributed by atoms with Crippen molar-refractivity contribution in [2.24, 2.45) is 0 Å². The maximum Gasteiger partial charge on any atom is 0.335 e. The van der Waals surface area contributed by atoms with E-state index in [1.54, 1.807) is 18.2 Å². The number of amides is 1. The van der Waals surface area contributed by atoms with E-state index in [4.69, 9.17) is 5.11 Å². The van der Waals surface area contributed by atoms with Gasteiger partial charge >= 0.3 is 5.97 Å². The zero-order chi connectivity index (χ0) is 17.7. The second kappa shape index (κ2) is 7.76. The van der Waals surface area contributed by atoms with Gasteiger partial charge in [0.05, 0.1) is 11.8 Å². The Hall–Kier alpha value is -1.93. The van der Waals surface area contributed by atoms with Gasteiger partial charge in [-0.05, 0) is 37.0 Å². The van der Waals surface area contributed by atoms with E-state index >= 15 is 0 Å². The summed E-state index contributed by atoms with van der Waals surface area (Å²) in [5.41, 5.74) is 1.01. The average molecular weight is 354 g/mol. The third kappa shape index (κ3) is 4.78. The zero-order valence-corrected chi connectivity index (χ0v) is 14.4. The Bertz CT molecular complexity index is 717. The number of carboxylic acids is 1. The van der Waals surface area contributed by atoms with Crippen molar-refractivity contribution < 1.29 is 23.1 Å². The van der Waals surface area contributed by atoms with Crippen LogP contribution >= 0.6 is 0 Å². The Labute approximate surface area is 141 Å². The van der Waals surface area contributed by atoms with Crippen LogP contribution in [0.2, 0.25) is 0 Å². The first-order valence-corrected chi connectivity index (χ1v) is 9.70. The summed E-state index contributed by atoms with van der Waals surface area (Å²) >= 11 is 0. The summed E-state index contributed by atoms with van der Waals surface area (Å²) in [6.07, 6.45) is 3.71. The number of rotatable bonds is 6. The fourth-order valence-electron chi connectivity index (χ4n) is 2.87. The lowest BCUT2D eigenvalue weighted by molar-refractivity contribution is -0.125. The molecule has 0 radical (unpaired) electrons. The molecule has 132 valence electrons. The third-order valence-electron chi connectivity index (χ3n) is 4.07. The predicted octanol–water partition coefficient (Wildman–Crippen LogP) is 0.858. The third-order valence-corrected chi connectivity index (χ3v) is 5.36. The SMILES string of the molecule is CS(=O)(=O)N1CCCC[C@H]1C(=O)NCCc1cccc(C(=O)O)c1. The van der Waals surface area contributed by atoms with E-state index in [2.05, 4.69) is 5.32 Å². The summed E-state index contributed by atoms with van der Waals surface area (Å²) in [6.45, 7) is 0.702. The number of piperidine rings is 1. The average Bonchev–Trinajstić information content (AvgIpc) is 2.54. The molecular weight excluding hydrogens is 332 g/mol. The number of carbonyl (C=O) groups is 2. The van der Waals surface area contributed by atoms with Gasteiger partial charge in [-0.15, -0.1) is 0 Å². The maximum atomic E-state index is 12.3. The van der Waals surface area contributed by atoms with Crippen molar-refractivity contribution in [3.05, 3.63) is 35.4 Å². The first-order chi connectivity index (χ1) is 11.3. The number of carbonyl (C=O) groups excluding carboxylic acids is 1. The van der Waals surface area contributed by atoms with Crippen LogP contribution < -0.4 is 5.32 Å². The minimum absolute atomic E-state index is 0.203. The Balaban J connectivity index is 1.93. The first-order valence-electron chi connectivity index (χ1n) is 7.86. The number of sulfonamides is 1. The van der Waals surface area contributed by atoms with Crippen LogP contribution in [0, 0.1) is 0 Å². The molecule has 1 atom stereocenters. The summed E-state index contributed by atoms with van der Waals surface area (Å²) in [5.74, 6) is -1.29. The second-order valence-corrected chi connectivity index (χ2v) is 7.87. The molecule has 8 heteroatoms. The van der Waals surface area contributed by atoms with Crippen molar-refractivity contribution in [1.82, 2.24) is 9.62 Å². The van der Waals surface area contributed by atoms with Crippen LogP contribution in [-0.4, -0.2) is 55.1 Å². The molecule has 0 aliphatic carbocycles. The van der Waals surface area contributed by atoms with Crippen molar-refractivity contribution in [2.75, 3.05) is 19.3 Å². The van der Waals surface area contributed by atoms with Gasteiger partial charge in [0.15, 0.2) is 0 Å². The normalized spacial score (nSPS) is 19.0. The highest BCUT2D eigenvalue weighted by Gasteiger charge is 2.34. The van der Waals surface area contributed by atoms with E-state index in [1.165, 1.54) is 10.4 Å². The highest BCUT2D eigenvalue weighted by Crippen LogP contribution is 2.20. The largest absolute Gasteiger partial charge is 0.478 e. The van der Waals surface area contributed by atoms with Gasteiger partial charge in [0.2, 0.25) is 15.9 Å². The lowest BCUT2D eigenvalue weighted by atomic mass is 10.0.